The zero-order valence-corrected chi connectivity index (χ0v) is 11.3. The Kier molecular flexibility index (Phi) is 3.72. The molecule has 2 bridgehead atoms. The van der Waals surface area contributed by atoms with Crippen LogP contribution in [0.15, 0.2) is 0 Å². The van der Waals surface area contributed by atoms with Gasteiger partial charge in [-0.1, -0.05) is 19.8 Å². The van der Waals surface area contributed by atoms with Crippen LogP contribution in [0.25, 0.3) is 0 Å². The van der Waals surface area contributed by atoms with E-state index in [2.05, 4.69) is 17.1 Å². The largest absolute Gasteiger partial charge is 0.313 e. The summed E-state index contributed by atoms with van der Waals surface area (Å²) in [7, 11) is 0. The molecular formula is C15H28N2. The molecule has 1 aliphatic carbocycles. The first-order valence-electron chi connectivity index (χ1n) is 7.77. The van der Waals surface area contributed by atoms with Gasteiger partial charge in [0.15, 0.2) is 0 Å². The van der Waals surface area contributed by atoms with E-state index in [-0.39, 0.29) is 0 Å². The highest BCUT2D eigenvalue weighted by Crippen LogP contribution is 2.30. The lowest BCUT2D eigenvalue weighted by Crippen LogP contribution is -2.45. The van der Waals surface area contributed by atoms with E-state index in [4.69, 9.17) is 0 Å². The molecule has 0 radical (unpaired) electrons. The van der Waals surface area contributed by atoms with Gasteiger partial charge in [-0.05, 0) is 63.1 Å². The van der Waals surface area contributed by atoms with Crippen LogP contribution in [0.4, 0.5) is 0 Å². The van der Waals surface area contributed by atoms with Crippen molar-refractivity contribution in [1.82, 2.24) is 10.2 Å². The summed E-state index contributed by atoms with van der Waals surface area (Å²) >= 11 is 0. The average Bonchev–Trinajstić information content (AvgIpc) is 2.71. The van der Waals surface area contributed by atoms with Gasteiger partial charge in [0.1, 0.15) is 0 Å². The lowest BCUT2D eigenvalue weighted by Gasteiger charge is -2.34. The summed E-state index contributed by atoms with van der Waals surface area (Å²) < 4.78 is 0. The minimum absolute atomic E-state index is 0.839. The van der Waals surface area contributed by atoms with Gasteiger partial charge in [-0.3, -0.25) is 0 Å². The molecule has 3 fully saturated rings. The summed E-state index contributed by atoms with van der Waals surface area (Å²) in [6, 6.07) is 0.839. The van der Waals surface area contributed by atoms with Crippen molar-refractivity contribution in [2.24, 2.45) is 17.8 Å². The van der Waals surface area contributed by atoms with Gasteiger partial charge in [-0.25, -0.2) is 0 Å². The van der Waals surface area contributed by atoms with Gasteiger partial charge in [0.25, 0.3) is 0 Å². The monoisotopic (exact) mass is 236 g/mol. The fourth-order valence-corrected chi connectivity index (χ4v) is 4.28. The van der Waals surface area contributed by atoms with Crippen LogP contribution in [0.1, 0.15) is 45.4 Å². The number of hydrogen-bond donors (Lipinski definition) is 1. The molecule has 0 spiro atoms. The lowest BCUT2D eigenvalue weighted by molar-refractivity contribution is 0.202. The topological polar surface area (TPSA) is 15.3 Å². The Balaban J connectivity index is 1.44. The van der Waals surface area contributed by atoms with Crippen LogP contribution in [-0.4, -0.2) is 37.1 Å². The van der Waals surface area contributed by atoms with Crippen LogP contribution in [0.2, 0.25) is 0 Å². The zero-order chi connectivity index (χ0) is 11.7. The molecule has 3 rings (SSSR count). The Morgan fingerprint density at radius 3 is 2.88 bits per heavy atom. The van der Waals surface area contributed by atoms with Crippen molar-refractivity contribution < 1.29 is 0 Å². The SMILES string of the molecule is CC1CCCC(CNC2CCN3CCC2C3)C1. The molecule has 2 heteroatoms. The molecule has 0 aromatic heterocycles. The molecule has 2 saturated heterocycles. The molecule has 2 nitrogen and oxygen atoms in total. The molecule has 0 aromatic carbocycles. The van der Waals surface area contributed by atoms with Gasteiger partial charge in [-0.2, -0.15) is 0 Å². The van der Waals surface area contributed by atoms with E-state index in [1.165, 1.54) is 64.7 Å². The Morgan fingerprint density at radius 1 is 1.12 bits per heavy atom. The fraction of sp³-hybridized carbons (Fsp3) is 1.00. The standard InChI is InChI=1S/C15H28N2/c1-12-3-2-4-13(9-12)10-16-15-6-8-17-7-5-14(15)11-17/h12-16H,2-11H2,1H3. The fourth-order valence-electron chi connectivity index (χ4n) is 4.28. The number of nitrogens with zero attached hydrogens (tertiary/aromatic N) is 1. The van der Waals surface area contributed by atoms with Crippen LogP contribution in [0.5, 0.6) is 0 Å². The molecule has 17 heavy (non-hydrogen) atoms. The highest BCUT2D eigenvalue weighted by Gasteiger charge is 2.34. The van der Waals surface area contributed by atoms with Gasteiger partial charge in [-0.15, -0.1) is 0 Å². The minimum atomic E-state index is 0.839. The van der Waals surface area contributed by atoms with E-state index in [0.717, 1.165) is 23.8 Å². The highest BCUT2D eigenvalue weighted by molar-refractivity contribution is 4.91. The molecular weight excluding hydrogens is 208 g/mol. The molecule has 0 aromatic rings. The van der Waals surface area contributed by atoms with E-state index in [0.29, 0.717) is 0 Å². The third kappa shape index (κ3) is 2.85. The Morgan fingerprint density at radius 2 is 2.00 bits per heavy atom. The molecule has 5 unspecified atom stereocenters. The Bertz CT molecular complexity index is 253. The van der Waals surface area contributed by atoms with Crippen LogP contribution < -0.4 is 5.32 Å². The van der Waals surface area contributed by atoms with Crippen molar-refractivity contribution in [2.75, 3.05) is 26.2 Å². The van der Waals surface area contributed by atoms with Crippen molar-refractivity contribution in [3.05, 3.63) is 0 Å². The molecule has 0 amide bonds. The summed E-state index contributed by atoms with van der Waals surface area (Å²) in [5.41, 5.74) is 0. The summed E-state index contributed by atoms with van der Waals surface area (Å²) in [6.07, 6.45) is 8.72. The predicted octanol–water partition coefficient (Wildman–Crippen LogP) is 2.50. The highest BCUT2D eigenvalue weighted by atomic mass is 15.2. The smallest absolute Gasteiger partial charge is 0.0120 e. The van der Waals surface area contributed by atoms with Gasteiger partial charge >= 0.3 is 0 Å². The second kappa shape index (κ2) is 5.27. The second-order valence-electron chi connectivity index (χ2n) is 6.79. The van der Waals surface area contributed by atoms with Crippen LogP contribution >= 0.6 is 0 Å². The number of rotatable bonds is 3. The van der Waals surface area contributed by atoms with Crippen molar-refractivity contribution in [3.8, 4) is 0 Å². The molecule has 2 heterocycles. The molecule has 1 N–H and O–H groups in total. The molecule has 1 saturated carbocycles. The van der Waals surface area contributed by atoms with Gasteiger partial charge < -0.3 is 10.2 Å². The van der Waals surface area contributed by atoms with E-state index in [9.17, 15) is 0 Å². The van der Waals surface area contributed by atoms with Crippen molar-refractivity contribution >= 4 is 0 Å². The van der Waals surface area contributed by atoms with Gasteiger partial charge in [0.2, 0.25) is 0 Å². The van der Waals surface area contributed by atoms with E-state index < -0.39 is 0 Å². The van der Waals surface area contributed by atoms with Crippen molar-refractivity contribution in [3.63, 3.8) is 0 Å². The number of piperidine rings is 1. The van der Waals surface area contributed by atoms with E-state index >= 15 is 0 Å². The maximum Gasteiger partial charge on any atom is 0.0120 e. The zero-order valence-electron chi connectivity index (χ0n) is 11.3. The normalized spacial score (nSPS) is 46.1. The number of nitrogens with one attached hydrogen (secondary N) is 1. The lowest BCUT2D eigenvalue weighted by atomic mass is 9.82. The quantitative estimate of drug-likeness (QED) is 0.810. The number of hydrogen-bond acceptors (Lipinski definition) is 2. The Labute approximate surface area is 106 Å². The number of fused-ring (bicyclic) bond motifs is 2. The maximum absolute atomic E-state index is 3.91. The predicted molar refractivity (Wildman–Crippen MR) is 72.1 cm³/mol. The molecule has 3 aliphatic rings. The maximum atomic E-state index is 3.91. The van der Waals surface area contributed by atoms with Gasteiger partial charge in [0, 0.05) is 12.6 Å². The summed E-state index contributed by atoms with van der Waals surface area (Å²) in [6.45, 7) is 7.81. The third-order valence-electron chi connectivity index (χ3n) is 5.35. The van der Waals surface area contributed by atoms with E-state index in [1.807, 2.05) is 0 Å². The van der Waals surface area contributed by atoms with E-state index in [1.54, 1.807) is 0 Å². The van der Waals surface area contributed by atoms with Crippen LogP contribution in [0, 0.1) is 17.8 Å². The van der Waals surface area contributed by atoms with Crippen molar-refractivity contribution in [1.29, 1.82) is 0 Å². The Hall–Kier alpha value is -0.0800. The first-order chi connectivity index (χ1) is 8.31. The molecule has 98 valence electrons. The summed E-state index contributed by atoms with van der Waals surface area (Å²) in [4.78, 5) is 2.64. The van der Waals surface area contributed by atoms with Crippen LogP contribution in [0.3, 0.4) is 0 Å². The van der Waals surface area contributed by atoms with Crippen molar-refractivity contribution in [2.45, 2.75) is 51.5 Å². The third-order valence-corrected chi connectivity index (χ3v) is 5.35. The summed E-state index contributed by atoms with van der Waals surface area (Å²) in [5, 5.41) is 3.91. The van der Waals surface area contributed by atoms with Crippen LogP contribution in [-0.2, 0) is 0 Å². The first-order valence-corrected chi connectivity index (χ1v) is 7.77. The molecule has 5 atom stereocenters. The molecule has 2 aliphatic heterocycles. The van der Waals surface area contributed by atoms with Gasteiger partial charge in [0.05, 0.1) is 0 Å². The minimum Gasteiger partial charge on any atom is -0.313 e. The second-order valence-corrected chi connectivity index (χ2v) is 6.79. The average molecular weight is 236 g/mol. The summed E-state index contributed by atoms with van der Waals surface area (Å²) in [5.74, 6) is 2.91. The first kappa shape index (κ1) is 12.0.